The lowest BCUT2D eigenvalue weighted by atomic mass is 10.2. The number of methoxy groups -OCH3 is 1. The maximum atomic E-state index is 12.8. The van der Waals surface area contributed by atoms with Gasteiger partial charge >= 0.3 is 0 Å². The molecular weight excluding hydrogens is 450 g/mol. The van der Waals surface area contributed by atoms with E-state index in [-0.39, 0.29) is 34.8 Å². The van der Waals surface area contributed by atoms with Crippen LogP contribution in [0.4, 0.5) is 5.69 Å². The molecule has 8 nitrogen and oxygen atoms in total. The molecule has 2 amide bonds. The molecule has 2 aromatic rings. The first-order valence-electron chi connectivity index (χ1n) is 10.1. The fourth-order valence-corrected chi connectivity index (χ4v) is 5.53. The standard InChI is InChI=1S/C22H25N3O5S2/c1-4-15-6-12-18(13-7-15)32(28,29)24-22-25(5-2)21(27)19(31-22)14-20(26)23-16-8-10-17(30-3)11-9-16/h6-13,19H,4-5,14H2,1-3H3,(H,23,26)/b24-22+. The zero-order valence-electron chi connectivity index (χ0n) is 18.1. The van der Waals surface area contributed by atoms with E-state index in [2.05, 4.69) is 9.71 Å². The Morgan fingerprint density at radius 3 is 2.34 bits per heavy atom. The van der Waals surface area contributed by atoms with Gasteiger partial charge in [0.2, 0.25) is 11.8 Å². The van der Waals surface area contributed by atoms with Crippen molar-refractivity contribution in [2.45, 2.75) is 36.8 Å². The minimum Gasteiger partial charge on any atom is -0.497 e. The number of nitrogens with zero attached hydrogens (tertiary/aromatic N) is 2. The SMILES string of the molecule is CCc1ccc(S(=O)(=O)/N=C2/SC(CC(=O)Nc3ccc(OC)cc3)C(=O)N2CC)cc1. The van der Waals surface area contributed by atoms with Gasteiger partial charge in [-0.15, -0.1) is 4.40 Å². The van der Waals surface area contributed by atoms with Crippen molar-refractivity contribution >= 4 is 44.5 Å². The molecule has 1 heterocycles. The zero-order valence-corrected chi connectivity index (χ0v) is 19.7. The van der Waals surface area contributed by atoms with Gasteiger partial charge in [-0.05, 0) is 55.3 Å². The molecule has 10 heteroatoms. The van der Waals surface area contributed by atoms with Gasteiger partial charge in [0.25, 0.3) is 10.0 Å². The highest BCUT2D eigenvalue weighted by Crippen LogP contribution is 2.31. The van der Waals surface area contributed by atoms with E-state index in [1.165, 1.54) is 17.0 Å². The van der Waals surface area contributed by atoms with E-state index >= 15 is 0 Å². The molecule has 1 atom stereocenters. The van der Waals surface area contributed by atoms with Crippen LogP contribution in [-0.2, 0) is 26.0 Å². The number of hydrogen-bond acceptors (Lipinski definition) is 6. The van der Waals surface area contributed by atoms with Crippen molar-refractivity contribution in [1.29, 1.82) is 0 Å². The number of anilines is 1. The van der Waals surface area contributed by atoms with Gasteiger partial charge in [-0.25, -0.2) is 0 Å². The van der Waals surface area contributed by atoms with Crippen LogP contribution in [0.15, 0.2) is 57.8 Å². The summed E-state index contributed by atoms with van der Waals surface area (Å²) in [6, 6.07) is 13.3. The fourth-order valence-electron chi connectivity index (χ4n) is 3.11. The van der Waals surface area contributed by atoms with Crippen molar-refractivity contribution in [2.24, 2.45) is 4.40 Å². The molecule has 1 N–H and O–H groups in total. The first-order valence-corrected chi connectivity index (χ1v) is 12.4. The van der Waals surface area contributed by atoms with E-state index in [9.17, 15) is 18.0 Å². The van der Waals surface area contributed by atoms with Crippen LogP contribution in [0.2, 0.25) is 0 Å². The minimum atomic E-state index is -3.98. The summed E-state index contributed by atoms with van der Waals surface area (Å²) in [7, 11) is -2.43. The quantitative estimate of drug-likeness (QED) is 0.628. The van der Waals surface area contributed by atoms with Crippen molar-refractivity contribution < 1.29 is 22.7 Å². The Morgan fingerprint density at radius 2 is 1.78 bits per heavy atom. The molecule has 2 aromatic carbocycles. The van der Waals surface area contributed by atoms with E-state index in [0.29, 0.717) is 11.4 Å². The number of ether oxygens (including phenoxy) is 1. The van der Waals surface area contributed by atoms with Crippen molar-refractivity contribution in [3.8, 4) is 5.75 Å². The van der Waals surface area contributed by atoms with Crippen LogP contribution in [-0.4, -0.2) is 49.2 Å². The van der Waals surface area contributed by atoms with Crippen molar-refractivity contribution in [1.82, 2.24) is 4.90 Å². The van der Waals surface area contributed by atoms with Crippen LogP contribution < -0.4 is 10.1 Å². The Labute approximate surface area is 192 Å². The fraction of sp³-hybridized carbons (Fsp3) is 0.318. The predicted molar refractivity (Wildman–Crippen MR) is 125 cm³/mol. The number of aryl methyl sites for hydroxylation is 1. The number of nitrogens with one attached hydrogen (secondary N) is 1. The highest BCUT2D eigenvalue weighted by atomic mass is 32.2. The number of carbonyl (C=O) groups excluding carboxylic acids is 2. The summed E-state index contributed by atoms with van der Waals surface area (Å²) >= 11 is 0.992. The Morgan fingerprint density at radius 1 is 1.12 bits per heavy atom. The summed E-state index contributed by atoms with van der Waals surface area (Å²) in [5, 5.41) is 2.07. The lowest BCUT2D eigenvalue weighted by Crippen LogP contribution is -2.33. The third-order valence-corrected chi connectivity index (χ3v) is 7.48. The van der Waals surface area contributed by atoms with Gasteiger partial charge in [0, 0.05) is 18.7 Å². The molecule has 0 bridgehead atoms. The summed E-state index contributed by atoms with van der Waals surface area (Å²) in [6.45, 7) is 3.97. The maximum absolute atomic E-state index is 12.8. The average molecular weight is 476 g/mol. The molecule has 0 aromatic heterocycles. The maximum Gasteiger partial charge on any atom is 0.284 e. The van der Waals surface area contributed by atoms with Crippen LogP contribution in [0.25, 0.3) is 0 Å². The van der Waals surface area contributed by atoms with Crippen LogP contribution in [0, 0.1) is 0 Å². The summed E-state index contributed by atoms with van der Waals surface area (Å²) in [5.41, 5.74) is 1.59. The summed E-state index contributed by atoms with van der Waals surface area (Å²) in [5.74, 6) is -0.0245. The van der Waals surface area contributed by atoms with E-state index in [1.807, 2.05) is 6.92 Å². The van der Waals surface area contributed by atoms with E-state index in [4.69, 9.17) is 4.74 Å². The molecule has 1 saturated heterocycles. The minimum absolute atomic E-state index is 0.0620. The topological polar surface area (TPSA) is 105 Å². The molecule has 1 aliphatic heterocycles. The number of sulfonamides is 1. The average Bonchev–Trinajstić information content (AvgIpc) is 3.07. The smallest absolute Gasteiger partial charge is 0.284 e. The number of hydrogen-bond donors (Lipinski definition) is 1. The van der Waals surface area contributed by atoms with Gasteiger partial charge in [-0.2, -0.15) is 8.42 Å². The number of thioether (sulfide) groups is 1. The zero-order chi connectivity index (χ0) is 23.3. The van der Waals surface area contributed by atoms with Gasteiger partial charge in [0.15, 0.2) is 5.17 Å². The van der Waals surface area contributed by atoms with Crippen molar-refractivity contribution in [2.75, 3.05) is 19.0 Å². The number of benzene rings is 2. The molecule has 32 heavy (non-hydrogen) atoms. The molecule has 0 spiro atoms. The Kier molecular flexibility index (Phi) is 7.57. The lowest BCUT2D eigenvalue weighted by Gasteiger charge is -2.13. The van der Waals surface area contributed by atoms with Gasteiger partial charge in [0.05, 0.1) is 12.0 Å². The molecule has 1 unspecified atom stereocenters. The lowest BCUT2D eigenvalue weighted by molar-refractivity contribution is -0.128. The van der Waals surface area contributed by atoms with Gasteiger partial charge in [-0.1, -0.05) is 30.8 Å². The Bertz CT molecular complexity index is 1110. The van der Waals surface area contributed by atoms with Crippen molar-refractivity contribution in [3.05, 3.63) is 54.1 Å². The van der Waals surface area contributed by atoms with Crippen LogP contribution >= 0.6 is 11.8 Å². The molecule has 0 aliphatic carbocycles. The second-order valence-electron chi connectivity index (χ2n) is 7.02. The molecule has 3 rings (SSSR count). The number of rotatable bonds is 8. The predicted octanol–water partition coefficient (Wildman–Crippen LogP) is 3.30. The first kappa shape index (κ1) is 23.8. The second-order valence-corrected chi connectivity index (χ2v) is 9.79. The first-order chi connectivity index (χ1) is 15.3. The highest BCUT2D eigenvalue weighted by molar-refractivity contribution is 8.16. The summed E-state index contributed by atoms with van der Waals surface area (Å²) in [4.78, 5) is 26.6. The largest absolute Gasteiger partial charge is 0.497 e. The monoisotopic (exact) mass is 475 g/mol. The van der Waals surface area contributed by atoms with Gasteiger partial charge in [-0.3, -0.25) is 14.5 Å². The number of amidine groups is 1. The van der Waals surface area contributed by atoms with Crippen LogP contribution in [0.1, 0.15) is 25.8 Å². The van der Waals surface area contributed by atoms with Crippen molar-refractivity contribution in [3.63, 3.8) is 0 Å². The molecule has 170 valence electrons. The Balaban J connectivity index is 1.73. The normalized spacial score (nSPS) is 17.6. The molecule has 0 radical (unpaired) electrons. The van der Waals surface area contributed by atoms with E-state index in [0.717, 1.165) is 23.7 Å². The van der Waals surface area contributed by atoms with Gasteiger partial charge in [0.1, 0.15) is 11.0 Å². The summed E-state index contributed by atoms with van der Waals surface area (Å²) in [6.07, 6.45) is 0.694. The van der Waals surface area contributed by atoms with Gasteiger partial charge < -0.3 is 10.1 Å². The Hall–Kier alpha value is -2.85. The van der Waals surface area contributed by atoms with E-state index < -0.39 is 15.3 Å². The van der Waals surface area contributed by atoms with E-state index in [1.54, 1.807) is 50.4 Å². The van der Waals surface area contributed by atoms with Crippen LogP contribution in [0.5, 0.6) is 5.75 Å². The second kappa shape index (κ2) is 10.2. The van der Waals surface area contributed by atoms with Crippen LogP contribution in [0.3, 0.4) is 0 Å². The number of carbonyl (C=O) groups is 2. The highest BCUT2D eigenvalue weighted by Gasteiger charge is 2.39. The molecular formula is C22H25N3O5S2. The third kappa shape index (κ3) is 5.49. The molecule has 1 aliphatic rings. The molecule has 0 saturated carbocycles. The molecule has 1 fully saturated rings. The third-order valence-electron chi connectivity index (χ3n) is 4.91. The summed E-state index contributed by atoms with van der Waals surface area (Å²) < 4.78 is 34.5. The number of amides is 2.